The Kier molecular flexibility index (Phi) is 6.38. The fourth-order valence-electron chi connectivity index (χ4n) is 1.54. The fourth-order valence-corrected chi connectivity index (χ4v) is 2.42. The minimum atomic E-state index is -0.482. The number of thioether (sulfide) groups is 1. The lowest BCUT2D eigenvalue weighted by molar-refractivity contribution is -0.136. The first-order valence-electron chi connectivity index (χ1n) is 6.53. The van der Waals surface area contributed by atoms with E-state index in [2.05, 4.69) is 12.1 Å². The van der Waals surface area contributed by atoms with Gasteiger partial charge in [-0.05, 0) is 38.2 Å². The van der Waals surface area contributed by atoms with Crippen LogP contribution in [0.5, 0.6) is 0 Å². The SMILES string of the molecule is CN(C(=O)CCCSc1ccccc1)C(C)(C)CO. The molecule has 19 heavy (non-hydrogen) atoms. The van der Waals surface area contributed by atoms with Gasteiger partial charge in [0.25, 0.3) is 0 Å². The van der Waals surface area contributed by atoms with Gasteiger partial charge in [-0.25, -0.2) is 0 Å². The van der Waals surface area contributed by atoms with Crippen molar-refractivity contribution in [2.75, 3.05) is 19.4 Å². The summed E-state index contributed by atoms with van der Waals surface area (Å²) in [6.45, 7) is 3.71. The van der Waals surface area contributed by atoms with Crippen LogP contribution in [0, 0.1) is 0 Å². The monoisotopic (exact) mass is 281 g/mol. The highest BCUT2D eigenvalue weighted by Crippen LogP contribution is 2.19. The van der Waals surface area contributed by atoms with Crippen LogP contribution < -0.4 is 0 Å². The number of carbonyl (C=O) groups is 1. The smallest absolute Gasteiger partial charge is 0.222 e. The molecular weight excluding hydrogens is 258 g/mol. The van der Waals surface area contributed by atoms with Crippen LogP contribution in [0.2, 0.25) is 0 Å². The van der Waals surface area contributed by atoms with Crippen molar-refractivity contribution in [3.63, 3.8) is 0 Å². The maximum Gasteiger partial charge on any atom is 0.222 e. The molecule has 0 fully saturated rings. The van der Waals surface area contributed by atoms with E-state index in [1.807, 2.05) is 32.0 Å². The number of hydrogen-bond donors (Lipinski definition) is 1. The lowest BCUT2D eigenvalue weighted by Gasteiger charge is -2.34. The molecule has 0 unspecified atom stereocenters. The van der Waals surface area contributed by atoms with E-state index < -0.39 is 5.54 Å². The molecule has 1 N–H and O–H groups in total. The van der Waals surface area contributed by atoms with Gasteiger partial charge in [-0.2, -0.15) is 0 Å². The van der Waals surface area contributed by atoms with Gasteiger partial charge in [0.05, 0.1) is 12.1 Å². The van der Waals surface area contributed by atoms with E-state index in [1.54, 1.807) is 23.7 Å². The average molecular weight is 281 g/mol. The predicted molar refractivity (Wildman–Crippen MR) is 80.3 cm³/mol. The van der Waals surface area contributed by atoms with Crippen molar-refractivity contribution < 1.29 is 9.90 Å². The Balaban J connectivity index is 2.28. The Morgan fingerprint density at radius 2 is 1.95 bits per heavy atom. The number of likely N-dealkylation sites (N-methyl/N-ethyl adjacent to an activating group) is 1. The van der Waals surface area contributed by atoms with Gasteiger partial charge in [-0.15, -0.1) is 11.8 Å². The van der Waals surface area contributed by atoms with Gasteiger partial charge in [0.15, 0.2) is 0 Å². The van der Waals surface area contributed by atoms with Crippen LogP contribution >= 0.6 is 11.8 Å². The zero-order chi connectivity index (χ0) is 14.3. The normalized spacial score (nSPS) is 11.4. The number of hydrogen-bond acceptors (Lipinski definition) is 3. The van der Waals surface area contributed by atoms with Crippen molar-refractivity contribution in [2.45, 2.75) is 37.1 Å². The number of carbonyl (C=O) groups excluding carboxylic acids is 1. The number of aliphatic hydroxyl groups is 1. The summed E-state index contributed by atoms with van der Waals surface area (Å²) in [6, 6.07) is 10.2. The molecule has 0 aliphatic heterocycles. The van der Waals surface area contributed by atoms with Crippen molar-refractivity contribution in [3.8, 4) is 0 Å². The van der Waals surface area contributed by atoms with E-state index in [1.165, 1.54) is 4.90 Å². The summed E-state index contributed by atoms with van der Waals surface area (Å²) in [6.07, 6.45) is 1.38. The van der Waals surface area contributed by atoms with Gasteiger partial charge in [0.1, 0.15) is 0 Å². The van der Waals surface area contributed by atoms with Crippen LogP contribution in [0.25, 0.3) is 0 Å². The van der Waals surface area contributed by atoms with Crippen molar-refractivity contribution in [1.82, 2.24) is 4.90 Å². The lowest BCUT2D eigenvalue weighted by Crippen LogP contribution is -2.47. The van der Waals surface area contributed by atoms with Crippen LogP contribution in [0.3, 0.4) is 0 Å². The van der Waals surface area contributed by atoms with Crippen LogP contribution in [0.15, 0.2) is 35.2 Å². The molecule has 0 aliphatic rings. The van der Waals surface area contributed by atoms with E-state index in [0.29, 0.717) is 6.42 Å². The van der Waals surface area contributed by atoms with Gasteiger partial charge in [-0.1, -0.05) is 18.2 Å². The van der Waals surface area contributed by atoms with Gasteiger partial charge >= 0.3 is 0 Å². The van der Waals surface area contributed by atoms with Crippen LogP contribution in [0.1, 0.15) is 26.7 Å². The molecule has 3 nitrogen and oxygen atoms in total. The summed E-state index contributed by atoms with van der Waals surface area (Å²) in [5.74, 6) is 1.02. The van der Waals surface area contributed by atoms with Crippen molar-refractivity contribution in [2.24, 2.45) is 0 Å². The molecular formula is C15H23NO2S. The largest absolute Gasteiger partial charge is 0.394 e. The highest BCUT2D eigenvalue weighted by Gasteiger charge is 2.26. The molecule has 1 aromatic carbocycles. The van der Waals surface area contributed by atoms with Crippen molar-refractivity contribution >= 4 is 17.7 Å². The van der Waals surface area contributed by atoms with Gasteiger partial charge in [0, 0.05) is 18.4 Å². The molecule has 0 radical (unpaired) electrons. The topological polar surface area (TPSA) is 40.5 Å². The maximum absolute atomic E-state index is 12.0. The number of rotatable bonds is 7. The molecule has 0 atom stereocenters. The molecule has 1 aromatic rings. The molecule has 0 spiro atoms. The molecule has 4 heteroatoms. The second-order valence-corrected chi connectivity index (χ2v) is 6.36. The van der Waals surface area contributed by atoms with Gasteiger partial charge in [-0.3, -0.25) is 4.79 Å². The minimum absolute atomic E-state index is 0.0198. The van der Waals surface area contributed by atoms with Crippen LogP contribution in [0.4, 0.5) is 0 Å². The summed E-state index contributed by atoms with van der Waals surface area (Å²) in [5.41, 5.74) is -0.482. The zero-order valence-corrected chi connectivity index (χ0v) is 12.7. The summed E-state index contributed by atoms with van der Waals surface area (Å²) < 4.78 is 0. The first-order valence-corrected chi connectivity index (χ1v) is 7.51. The second kappa shape index (κ2) is 7.56. The second-order valence-electron chi connectivity index (χ2n) is 5.19. The van der Waals surface area contributed by atoms with Gasteiger partial charge in [0.2, 0.25) is 5.91 Å². The number of aliphatic hydroxyl groups excluding tert-OH is 1. The summed E-state index contributed by atoms with van der Waals surface area (Å²) in [5, 5.41) is 9.24. The van der Waals surface area contributed by atoms with Crippen molar-refractivity contribution in [1.29, 1.82) is 0 Å². The Morgan fingerprint density at radius 1 is 1.32 bits per heavy atom. The van der Waals surface area contributed by atoms with Crippen LogP contribution in [-0.4, -0.2) is 40.9 Å². The quantitative estimate of drug-likeness (QED) is 0.617. The van der Waals surface area contributed by atoms with E-state index in [4.69, 9.17) is 0 Å². The molecule has 106 valence electrons. The predicted octanol–water partition coefficient (Wildman–Crippen LogP) is 2.79. The van der Waals surface area contributed by atoms with E-state index in [0.717, 1.165) is 12.2 Å². The molecule has 0 aromatic heterocycles. The lowest BCUT2D eigenvalue weighted by atomic mass is 10.0. The van der Waals surface area contributed by atoms with E-state index in [9.17, 15) is 9.90 Å². The Labute approximate surface area is 120 Å². The summed E-state index contributed by atoms with van der Waals surface area (Å²) >= 11 is 1.77. The fraction of sp³-hybridized carbons (Fsp3) is 0.533. The molecule has 1 amide bonds. The Morgan fingerprint density at radius 3 is 2.53 bits per heavy atom. The van der Waals surface area contributed by atoms with E-state index >= 15 is 0 Å². The highest BCUT2D eigenvalue weighted by atomic mass is 32.2. The standard InChI is InChI=1S/C15H23NO2S/c1-15(2,12-17)16(3)14(18)10-7-11-19-13-8-5-4-6-9-13/h4-6,8-9,17H,7,10-12H2,1-3H3. The molecule has 0 saturated heterocycles. The van der Waals surface area contributed by atoms with E-state index in [-0.39, 0.29) is 12.5 Å². The zero-order valence-electron chi connectivity index (χ0n) is 11.9. The molecule has 0 heterocycles. The average Bonchev–Trinajstić information content (AvgIpc) is 2.43. The Bertz CT molecular complexity index is 392. The van der Waals surface area contributed by atoms with Gasteiger partial charge < -0.3 is 10.0 Å². The molecule has 1 rings (SSSR count). The summed E-state index contributed by atoms with van der Waals surface area (Å²) in [4.78, 5) is 14.8. The number of nitrogens with zero attached hydrogens (tertiary/aromatic N) is 1. The number of amides is 1. The molecule has 0 bridgehead atoms. The first-order chi connectivity index (χ1) is 8.97. The summed E-state index contributed by atoms with van der Waals surface area (Å²) in [7, 11) is 1.75. The molecule has 0 aliphatic carbocycles. The minimum Gasteiger partial charge on any atom is -0.394 e. The molecule has 0 saturated carbocycles. The third kappa shape index (κ3) is 5.25. The first kappa shape index (κ1) is 16.1. The highest BCUT2D eigenvalue weighted by molar-refractivity contribution is 7.99. The third-order valence-electron chi connectivity index (χ3n) is 3.22. The maximum atomic E-state index is 12.0. The third-order valence-corrected chi connectivity index (χ3v) is 4.31. The Hall–Kier alpha value is -1.00. The van der Waals surface area contributed by atoms with Crippen molar-refractivity contribution in [3.05, 3.63) is 30.3 Å². The number of benzene rings is 1. The van der Waals surface area contributed by atoms with Crippen LogP contribution in [-0.2, 0) is 4.79 Å².